The van der Waals surface area contributed by atoms with Gasteiger partial charge in [-0.25, -0.2) is 45.0 Å². The zero-order valence-corrected chi connectivity index (χ0v) is 41.0. The Bertz CT molecular complexity index is 3210. The molecular formula is C46H47ClF4N10O9S2. The minimum atomic E-state index is -3.15. The Hall–Kier alpha value is -6.93. The monoisotopic (exact) mass is 1060 g/mol. The first-order valence-electron chi connectivity index (χ1n) is 21.8. The highest BCUT2D eigenvalue weighted by molar-refractivity contribution is 7.90. The van der Waals surface area contributed by atoms with Crippen molar-refractivity contribution in [2.24, 2.45) is 0 Å². The quantitative estimate of drug-likeness (QED) is 0.0566. The molecule has 2 aromatic carbocycles. The maximum absolute atomic E-state index is 14.2. The molecule has 19 nitrogen and oxygen atoms in total. The molecule has 0 saturated carbocycles. The lowest BCUT2D eigenvalue weighted by atomic mass is 10.2. The zero-order valence-electron chi connectivity index (χ0n) is 38.6. The summed E-state index contributed by atoms with van der Waals surface area (Å²) in [5.74, 6) is -2.35. The van der Waals surface area contributed by atoms with Gasteiger partial charge in [0.1, 0.15) is 66.6 Å². The van der Waals surface area contributed by atoms with E-state index in [4.69, 9.17) is 35.2 Å². The summed E-state index contributed by atoms with van der Waals surface area (Å²) in [5, 5.41) is 24.5. The smallest absolute Gasteiger partial charge is 0.254 e. The van der Waals surface area contributed by atoms with E-state index in [2.05, 4.69) is 40.4 Å². The van der Waals surface area contributed by atoms with E-state index < -0.39 is 31.3 Å². The summed E-state index contributed by atoms with van der Waals surface area (Å²) in [5.41, 5.74) is 3.55. The number of ether oxygens (including phenoxy) is 2. The van der Waals surface area contributed by atoms with E-state index in [0.717, 1.165) is 38.1 Å². The van der Waals surface area contributed by atoms with Crippen LogP contribution in [0.5, 0.6) is 5.88 Å². The van der Waals surface area contributed by atoms with E-state index >= 15 is 0 Å². The molecule has 8 aromatic rings. The molecule has 9 rings (SSSR count). The Morgan fingerprint density at radius 2 is 1.14 bits per heavy atom. The van der Waals surface area contributed by atoms with E-state index in [9.17, 15) is 34.4 Å². The lowest BCUT2D eigenvalue weighted by Gasteiger charge is -2.07. The third-order valence-electron chi connectivity index (χ3n) is 9.79. The van der Waals surface area contributed by atoms with Crippen molar-refractivity contribution in [1.82, 2.24) is 49.8 Å². The molecule has 0 spiro atoms. The molecule has 26 heteroatoms. The van der Waals surface area contributed by atoms with E-state index in [-0.39, 0.29) is 84.2 Å². The standard InChI is InChI=1S/C21H19F2N5O4S.C17H10ClF2N5O.C4H10O3S.C4H8O/c1-33(29,30)10-4-8-31-21-16(23)12-24-20(25-21)18-11-19(17-7-9-32-27-17)28(26-18)13-14-5-2-3-6-15(14)22;18-16-12(20)8-21-17(22-16)14-7-15(13-5-6-26-24-13)25(23-14)9-10-3-1-2-4-11(10)19;1-8(6,7)4-2-3-5;1-2-4-5-3-1/h2-3,5-7,9,11-12H,4,8,10,13H2,1H3;1-8H,9H2;5H,2-4H2,1H3;1-4H2. The summed E-state index contributed by atoms with van der Waals surface area (Å²) < 4.78 is 122. The largest absolute Gasteiger partial charge is 0.475 e. The molecule has 0 atom stereocenters. The molecule has 0 bridgehead atoms. The lowest BCUT2D eigenvalue weighted by Crippen LogP contribution is -2.09. The molecule has 0 amide bonds. The fraction of sp³-hybridized carbons (Fsp3) is 0.304. The highest BCUT2D eigenvalue weighted by Gasteiger charge is 2.20. The predicted octanol–water partition coefficient (Wildman–Crippen LogP) is 7.32. The van der Waals surface area contributed by atoms with Gasteiger partial charge in [-0.15, -0.1) is 0 Å². The van der Waals surface area contributed by atoms with Crippen molar-refractivity contribution in [1.29, 1.82) is 0 Å². The van der Waals surface area contributed by atoms with Crippen molar-refractivity contribution in [3.63, 3.8) is 0 Å². The Morgan fingerprint density at radius 3 is 1.56 bits per heavy atom. The number of aliphatic hydroxyl groups is 1. The molecule has 0 unspecified atom stereocenters. The molecule has 1 N–H and O–H groups in total. The average molecular weight is 1060 g/mol. The number of aromatic nitrogens is 10. The summed E-state index contributed by atoms with van der Waals surface area (Å²) in [6.45, 7) is 2.17. The second-order valence-electron chi connectivity index (χ2n) is 15.6. The van der Waals surface area contributed by atoms with Crippen LogP contribution in [0.15, 0.2) is 107 Å². The van der Waals surface area contributed by atoms with Crippen LogP contribution in [0.1, 0.15) is 36.8 Å². The van der Waals surface area contributed by atoms with Crippen LogP contribution in [0.3, 0.4) is 0 Å². The minimum absolute atomic E-state index is 0.0354. The highest BCUT2D eigenvalue weighted by atomic mass is 35.5. The fourth-order valence-electron chi connectivity index (χ4n) is 6.34. The van der Waals surface area contributed by atoms with Gasteiger partial charge in [0, 0.05) is 55.6 Å². The summed E-state index contributed by atoms with van der Waals surface area (Å²) in [6, 6.07) is 19.2. The van der Waals surface area contributed by atoms with Crippen LogP contribution in [0.2, 0.25) is 5.15 Å². The number of hydrogen-bond acceptors (Lipinski definition) is 17. The van der Waals surface area contributed by atoms with Gasteiger partial charge in [0.25, 0.3) is 5.88 Å². The van der Waals surface area contributed by atoms with Crippen molar-refractivity contribution in [2.75, 3.05) is 50.4 Å². The number of rotatable bonds is 16. The molecule has 1 saturated heterocycles. The normalized spacial score (nSPS) is 12.3. The van der Waals surface area contributed by atoms with Gasteiger partial charge in [-0.3, -0.25) is 9.36 Å². The molecule has 1 aliphatic heterocycles. The SMILES string of the molecule is C1CCOC1.CS(=O)(=O)CCCO.CS(=O)(=O)CCCOc1nc(-c2cc(-c3ccon3)n(Cc3ccccc3F)n2)ncc1F.Fc1ccccc1Cn1nc(-c2ncc(F)c(Cl)n2)cc1-c1ccon1. The molecule has 1 aliphatic rings. The highest BCUT2D eigenvalue weighted by Crippen LogP contribution is 2.28. The van der Waals surface area contributed by atoms with Crippen molar-refractivity contribution in [3.05, 3.63) is 137 Å². The molecular weight excluding hydrogens is 1010 g/mol. The molecule has 6 aromatic heterocycles. The van der Waals surface area contributed by atoms with Gasteiger partial charge in [0.2, 0.25) is 5.82 Å². The van der Waals surface area contributed by atoms with Crippen LogP contribution in [-0.2, 0) is 37.5 Å². The number of sulfone groups is 2. The van der Waals surface area contributed by atoms with Gasteiger partial charge in [-0.2, -0.15) is 19.6 Å². The van der Waals surface area contributed by atoms with E-state index in [1.807, 2.05) is 0 Å². The Labute approximate surface area is 415 Å². The third-order valence-corrected chi connectivity index (χ3v) is 12.1. The molecule has 72 heavy (non-hydrogen) atoms. The van der Waals surface area contributed by atoms with Crippen LogP contribution < -0.4 is 4.74 Å². The molecule has 382 valence electrons. The van der Waals surface area contributed by atoms with Crippen molar-refractivity contribution in [2.45, 2.75) is 38.8 Å². The van der Waals surface area contributed by atoms with E-state index in [0.29, 0.717) is 46.0 Å². The third kappa shape index (κ3) is 16.6. The van der Waals surface area contributed by atoms with E-state index in [1.54, 1.807) is 65.3 Å². The number of hydrogen-bond donors (Lipinski definition) is 1. The van der Waals surface area contributed by atoms with Crippen molar-refractivity contribution >= 4 is 31.3 Å². The molecule has 0 radical (unpaired) electrons. The van der Waals surface area contributed by atoms with Crippen LogP contribution in [0.25, 0.3) is 45.8 Å². The van der Waals surface area contributed by atoms with Crippen LogP contribution in [-0.4, -0.2) is 122 Å². The number of benzene rings is 2. The second-order valence-corrected chi connectivity index (χ2v) is 20.5. The molecule has 1 fully saturated rings. The summed E-state index contributed by atoms with van der Waals surface area (Å²) in [4.78, 5) is 15.9. The van der Waals surface area contributed by atoms with Crippen molar-refractivity contribution in [3.8, 4) is 51.7 Å². The Balaban J connectivity index is 0.000000191. The topological polar surface area (TPSA) is 246 Å². The van der Waals surface area contributed by atoms with Gasteiger partial charge in [-0.1, -0.05) is 58.3 Å². The van der Waals surface area contributed by atoms with Gasteiger partial charge in [0.05, 0.1) is 55.0 Å². The minimum Gasteiger partial charge on any atom is -0.475 e. The Morgan fingerprint density at radius 1 is 0.653 bits per heavy atom. The summed E-state index contributed by atoms with van der Waals surface area (Å²) in [6.07, 6.45) is 10.1. The average Bonchev–Trinajstić information content (AvgIpc) is 4.21. The van der Waals surface area contributed by atoms with Gasteiger partial charge >= 0.3 is 0 Å². The maximum atomic E-state index is 14.2. The molecule has 0 aliphatic carbocycles. The number of halogens is 5. The lowest BCUT2D eigenvalue weighted by molar-refractivity contribution is 0.198. The zero-order chi connectivity index (χ0) is 51.7. The summed E-state index contributed by atoms with van der Waals surface area (Å²) in [7, 11) is -6.00. The second kappa shape index (κ2) is 26.0. The number of nitrogens with zero attached hydrogens (tertiary/aromatic N) is 10. The van der Waals surface area contributed by atoms with Crippen molar-refractivity contribution < 1.29 is 58.0 Å². The Kier molecular flexibility index (Phi) is 19.6. The van der Waals surface area contributed by atoms with Gasteiger partial charge in [0.15, 0.2) is 22.6 Å². The van der Waals surface area contributed by atoms with E-state index in [1.165, 1.54) is 42.2 Å². The van der Waals surface area contributed by atoms with Gasteiger partial charge < -0.3 is 23.6 Å². The first-order chi connectivity index (χ1) is 34.5. The van der Waals surface area contributed by atoms with Crippen LogP contribution in [0, 0.1) is 23.3 Å². The predicted molar refractivity (Wildman–Crippen MR) is 255 cm³/mol. The first kappa shape index (κ1) is 54.4. The summed E-state index contributed by atoms with van der Waals surface area (Å²) >= 11 is 5.72. The maximum Gasteiger partial charge on any atom is 0.254 e. The first-order valence-corrected chi connectivity index (χ1v) is 26.3. The van der Waals surface area contributed by atoms with Gasteiger partial charge in [-0.05, 0) is 49.9 Å². The molecule has 7 heterocycles. The van der Waals surface area contributed by atoms with Crippen LogP contribution >= 0.6 is 11.6 Å². The van der Waals surface area contributed by atoms with Crippen LogP contribution in [0.4, 0.5) is 17.6 Å². The fourth-order valence-corrected chi connectivity index (χ4v) is 7.77. The number of aliphatic hydroxyl groups excluding tert-OH is 1.